The summed E-state index contributed by atoms with van der Waals surface area (Å²) in [6, 6.07) is 9.39. The lowest BCUT2D eigenvalue weighted by atomic mass is 9.75. The zero-order valence-electron chi connectivity index (χ0n) is 20.4. The van der Waals surface area contributed by atoms with Crippen LogP contribution in [0.1, 0.15) is 51.9 Å². The molecule has 0 bridgehead atoms. The highest BCUT2D eigenvalue weighted by molar-refractivity contribution is 6.08. The van der Waals surface area contributed by atoms with Crippen LogP contribution >= 0.6 is 0 Å². The highest BCUT2D eigenvalue weighted by Gasteiger charge is 2.54. The van der Waals surface area contributed by atoms with E-state index in [-0.39, 0.29) is 36.2 Å². The Hall–Kier alpha value is -2.61. The highest BCUT2D eigenvalue weighted by Crippen LogP contribution is 2.35. The van der Waals surface area contributed by atoms with Gasteiger partial charge in [0, 0.05) is 32.1 Å². The van der Waals surface area contributed by atoms with E-state index in [1.807, 2.05) is 35.2 Å². The van der Waals surface area contributed by atoms with Gasteiger partial charge in [-0.1, -0.05) is 38.0 Å². The summed E-state index contributed by atoms with van der Waals surface area (Å²) < 4.78 is 5.61. The van der Waals surface area contributed by atoms with E-state index in [1.54, 1.807) is 4.90 Å². The molecule has 0 aromatic heterocycles. The summed E-state index contributed by atoms with van der Waals surface area (Å²) in [6.45, 7) is 5.91. The first-order valence-corrected chi connectivity index (χ1v) is 12.9. The minimum atomic E-state index is -0.647. The maximum atomic E-state index is 13.7. The van der Waals surface area contributed by atoms with Crippen molar-refractivity contribution in [2.45, 2.75) is 57.4 Å². The van der Waals surface area contributed by atoms with Crippen molar-refractivity contribution in [1.29, 1.82) is 5.41 Å². The van der Waals surface area contributed by atoms with Gasteiger partial charge in [0.2, 0.25) is 0 Å². The fourth-order valence-electron chi connectivity index (χ4n) is 5.60. The quantitative estimate of drug-likeness (QED) is 0.517. The molecule has 3 saturated heterocycles. The topological polar surface area (TPSA) is 97.8 Å². The zero-order valence-corrected chi connectivity index (χ0v) is 20.4. The van der Waals surface area contributed by atoms with Gasteiger partial charge >= 0.3 is 0 Å². The van der Waals surface area contributed by atoms with Crippen LogP contribution in [0, 0.1) is 17.2 Å². The van der Waals surface area contributed by atoms with Crippen LogP contribution in [0.4, 0.5) is 0 Å². The van der Waals surface area contributed by atoms with Crippen LogP contribution in [0.5, 0.6) is 5.75 Å². The molecular weight excluding hydrogens is 430 g/mol. The van der Waals surface area contributed by atoms with Crippen molar-refractivity contribution in [3.05, 3.63) is 30.3 Å². The third-order valence-electron chi connectivity index (χ3n) is 7.67. The lowest BCUT2D eigenvalue weighted by molar-refractivity contribution is -0.136. The largest absolute Gasteiger partial charge is 0.484 e. The Balaban J connectivity index is 1.31. The van der Waals surface area contributed by atoms with Crippen LogP contribution in [0.15, 0.2) is 30.3 Å². The normalized spacial score (nSPS) is 26.0. The summed E-state index contributed by atoms with van der Waals surface area (Å²) in [5.74, 6) is 1.53. The van der Waals surface area contributed by atoms with Gasteiger partial charge in [-0.05, 0) is 56.7 Å². The monoisotopic (exact) mass is 469 g/mol. The molecule has 8 heteroatoms. The number of ether oxygens (including phenoxy) is 1. The highest BCUT2D eigenvalue weighted by atomic mass is 16.5. The molecule has 4 rings (SSSR count). The average molecular weight is 470 g/mol. The van der Waals surface area contributed by atoms with Crippen LogP contribution in [0.2, 0.25) is 0 Å². The van der Waals surface area contributed by atoms with E-state index >= 15 is 0 Å². The predicted molar refractivity (Wildman–Crippen MR) is 132 cm³/mol. The van der Waals surface area contributed by atoms with Crippen LogP contribution in [0.25, 0.3) is 0 Å². The van der Waals surface area contributed by atoms with E-state index < -0.39 is 5.54 Å². The fourth-order valence-corrected chi connectivity index (χ4v) is 5.60. The number of benzene rings is 1. The minimum absolute atomic E-state index is 0.00246. The Morgan fingerprint density at radius 1 is 1.21 bits per heavy atom. The van der Waals surface area contributed by atoms with Gasteiger partial charge < -0.3 is 20.3 Å². The zero-order chi connectivity index (χ0) is 24.0. The Morgan fingerprint density at radius 3 is 2.65 bits per heavy atom. The first kappa shape index (κ1) is 24.5. The second-order valence-corrected chi connectivity index (χ2v) is 9.93. The summed E-state index contributed by atoms with van der Waals surface area (Å²) in [4.78, 5) is 29.8. The molecule has 0 spiro atoms. The van der Waals surface area contributed by atoms with Crippen LogP contribution < -0.4 is 15.4 Å². The Bertz CT molecular complexity index is 849. The van der Waals surface area contributed by atoms with Gasteiger partial charge in [0.1, 0.15) is 11.3 Å². The number of nitrogens with zero attached hydrogens (tertiary/aromatic N) is 2. The summed E-state index contributed by atoms with van der Waals surface area (Å²) >= 11 is 0. The predicted octanol–water partition coefficient (Wildman–Crippen LogP) is 2.60. The standard InChI is InChI=1S/C26H39N5O3/c1-2-3-13-26(21-8-7-14-28-17-21)24(33)31(25(27)29-26)18-20-11-15-30(16-12-20)23(32)19-34-22-9-5-4-6-10-22/h4-6,9-10,20-21,28H,2-3,7-8,11-19H2,1H3,(H2,27,29). The van der Waals surface area contributed by atoms with Crippen molar-refractivity contribution in [2.24, 2.45) is 11.8 Å². The average Bonchev–Trinajstić information content (AvgIpc) is 3.12. The van der Waals surface area contributed by atoms with E-state index in [4.69, 9.17) is 10.1 Å². The van der Waals surface area contributed by atoms with Crippen LogP contribution in [-0.2, 0) is 9.59 Å². The molecule has 1 aromatic rings. The third-order valence-corrected chi connectivity index (χ3v) is 7.67. The molecule has 2 atom stereocenters. The Morgan fingerprint density at radius 2 is 1.97 bits per heavy atom. The van der Waals surface area contributed by atoms with Gasteiger partial charge in [-0.15, -0.1) is 0 Å². The summed E-state index contributed by atoms with van der Waals surface area (Å²) in [7, 11) is 0. The number of carbonyl (C=O) groups is 2. The molecule has 0 aliphatic carbocycles. The Labute approximate surface area is 202 Å². The Kier molecular flexibility index (Phi) is 8.08. The van der Waals surface area contributed by atoms with E-state index in [9.17, 15) is 9.59 Å². The molecule has 3 heterocycles. The second kappa shape index (κ2) is 11.2. The number of hydrogen-bond acceptors (Lipinski definition) is 5. The number of amides is 2. The number of likely N-dealkylation sites (tertiary alicyclic amines) is 1. The number of hydrogen-bond donors (Lipinski definition) is 3. The lowest BCUT2D eigenvalue weighted by Crippen LogP contribution is -2.57. The first-order chi connectivity index (χ1) is 16.5. The maximum Gasteiger partial charge on any atom is 0.260 e. The number of carbonyl (C=O) groups excluding carboxylic acids is 2. The maximum absolute atomic E-state index is 13.7. The number of unbranched alkanes of at least 4 members (excludes halogenated alkanes) is 1. The number of nitrogens with one attached hydrogen (secondary N) is 3. The van der Waals surface area contributed by atoms with Crippen LogP contribution in [0.3, 0.4) is 0 Å². The summed E-state index contributed by atoms with van der Waals surface area (Å²) in [5, 5.41) is 15.4. The molecule has 2 amide bonds. The molecule has 0 radical (unpaired) electrons. The number of piperidine rings is 2. The van der Waals surface area contributed by atoms with Crippen LogP contribution in [-0.4, -0.2) is 72.4 Å². The molecule has 2 unspecified atom stereocenters. The molecule has 186 valence electrons. The van der Waals surface area contributed by atoms with E-state index in [2.05, 4.69) is 17.6 Å². The van der Waals surface area contributed by atoms with Crippen molar-refractivity contribution in [3.63, 3.8) is 0 Å². The van der Waals surface area contributed by atoms with Gasteiger partial charge in [0.25, 0.3) is 11.8 Å². The third kappa shape index (κ3) is 5.37. The minimum Gasteiger partial charge on any atom is -0.484 e. The molecule has 8 nitrogen and oxygen atoms in total. The lowest BCUT2D eigenvalue weighted by Gasteiger charge is -2.38. The van der Waals surface area contributed by atoms with Crippen molar-refractivity contribution < 1.29 is 14.3 Å². The van der Waals surface area contributed by atoms with Crippen molar-refractivity contribution in [3.8, 4) is 5.75 Å². The van der Waals surface area contributed by atoms with Crippen molar-refractivity contribution in [2.75, 3.05) is 39.3 Å². The second-order valence-electron chi connectivity index (χ2n) is 9.93. The molecule has 3 aliphatic heterocycles. The van der Waals surface area contributed by atoms with Gasteiger partial charge in [-0.2, -0.15) is 0 Å². The van der Waals surface area contributed by atoms with Gasteiger partial charge in [0.15, 0.2) is 12.6 Å². The summed E-state index contributed by atoms with van der Waals surface area (Å²) in [5.41, 5.74) is -0.647. The molecule has 1 aromatic carbocycles. The van der Waals surface area contributed by atoms with Crippen molar-refractivity contribution in [1.82, 2.24) is 20.4 Å². The van der Waals surface area contributed by atoms with E-state index in [0.717, 1.165) is 58.0 Å². The summed E-state index contributed by atoms with van der Waals surface area (Å²) in [6.07, 6.45) is 6.54. The number of rotatable bonds is 9. The smallest absolute Gasteiger partial charge is 0.260 e. The molecule has 0 saturated carbocycles. The van der Waals surface area contributed by atoms with E-state index in [0.29, 0.717) is 25.4 Å². The van der Waals surface area contributed by atoms with Gasteiger partial charge in [0.05, 0.1) is 0 Å². The SMILES string of the molecule is CCCCC1(C2CCCNC2)NC(=N)N(CC2CCN(C(=O)COc3ccccc3)CC2)C1=O. The molecule has 3 fully saturated rings. The molecular formula is C26H39N5O3. The molecule has 3 aliphatic rings. The number of guanidine groups is 1. The fraction of sp³-hybridized carbons (Fsp3) is 0.654. The van der Waals surface area contributed by atoms with Gasteiger partial charge in [-0.25, -0.2) is 0 Å². The molecule has 3 N–H and O–H groups in total. The van der Waals surface area contributed by atoms with Crippen molar-refractivity contribution >= 4 is 17.8 Å². The van der Waals surface area contributed by atoms with E-state index in [1.165, 1.54) is 0 Å². The number of para-hydroxylation sites is 1. The van der Waals surface area contributed by atoms with Gasteiger partial charge in [-0.3, -0.25) is 19.9 Å². The first-order valence-electron chi connectivity index (χ1n) is 12.9. The molecule has 34 heavy (non-hydrogen) atoms.